The summed E-state index contributed by atoms with van der Waals surface area (Å²) in [6.07, 6.45) is 3.69. The van der Waals surface area contributed by atoms with Crippen LogP contribution in [0.4, 0.5) is 0 Å². The van der Waals surface area contributed by atoms with Crippen LogP contribution in [0, 0.1) is 11.8 Å². The molecule has 0 saturated heterocycles. The van der Waals surface area contributed by atoms with Crippen molar-refractivity contribution in [1.29, 1.82) is 0 Å². The fourth-order valence-corrected chi connectivity index (χ4v) is 2.80. The number of esters is 2. The maximum Gasteiger partial charge on any atom is 0.320 e. The standard InChI is InChI=1S/C18H26O5Si/c1-21-17(19)16(18(20)22-2)15(13-23-24(3,4)5)12-11-14-9-7-6-8-10-14/h6-12,15-16H,13H2,1-5H3/b12-11+. The van der Waals surface area contributed by atoms with Gasteiger partial charge in [-0.1, -0.05) is 42.5 Å². The summed E-state index contributed by atoms with van der Waals surface area (Å²) in [5.41, 5.74) is 0.976. The number of benzene rings is 1. The van der Waals surface area contributed by atoms with Gasteiger partial charge in [0, 0.05) is 12.5 Å². The zero-order valence-electron chi connectivity index (χ0n) is 14.9. The Morgan fingerprint density at radius 1 is 1.04 bits per heavy atom. The fraction of sp³-hybridized carbons (Fsp3) is 0.444. The summed E-state index contributed by atoms with van der Waals surface area (Å²) < 4.78 is 15.5. The average molecular weight is 350 g/mol. The first-order valence-electron chi connectivity index (χ1n) is 7.81. The smallest absolute Gasteiger partial charge is 0.320 e. The zero-order valence-corrected chi connectivity index (χ0v) is 15.9. The van der Waals surface area contributed by atoms with Crippen LogP contribution in [0.15, 0.2) is 36.4 Å². The highest BCUT2D eigenvalue weighted by atomic mass is 28.4. The Labute approximate surface area is 144 Å². The second-order valence-corrected chi connectivity index (χ2v) is 10.9. The lowest BCUT2D eigenvalue weighted by Crippen LogP contribution is -2.37. The SMILES string of the molecule is COC(=O)C(C(=O)OC)C(/C=C/c1ccccc1)CO[Si](C)(C)C. The Kier molecular flexibility index (Phi) is 7.87. The highest BCUT2D eigenvalue weighted by Gasteiger charge is 2.36. The molecule has 1 aromatic rings. The first-order chi connectivity index (χ1) is 11.3. The average Bonchev–Trinajstić information content (AvgIpc) is 2.56. The molecular formula is C18H26O5Si. The lowest BCUT2D eigenvalue weighted by Gasteiger charge is -2.25. The first kappa shape index (κ1) is 20.1. The largest absolute Gasteiger partial charge is 0.468 e. The van der Waals surface area contributed by atoms with Gasteiger partial charge in [-0.3, -0.25) is 9.59 Å². The molecule has 1 rings (SSSR count). The van der Waals surface area contributed by atoms with Crippen LogP contribution in [0.1, 0.15) is 5.56 Å². The second-order valence-electron chi connectivity index (χ2n) is 6.38. The molecule has 0 aliphatic heterocycles. The van der Waals surface area contributed by atoms with E-state index < -0.39 is 32.1 Å². The predicted molar refractivity (Wildman–Crippen MR) is 95.8 cm³/mol. The lowest BCUT2D eigenvalue weighted by atomic mass is 9.92. The number of carbonyl (C=O) groups is 2. The minimum Gasteiger partial charge on any atom is -0.468 e. The van der Waals surface area contributed by atoms with Gasteiger partial charge < -0.3 is 13.9 Å². The van der Waals surface area contributed by atoms with Crippen molar-refractivity contribution in [2.75, 3.05) is 20.8 Å². The summed E-state index contributed by atoms with van der Waals surface area (Å²) in [6, 6.07) is 9.65. The molecule has 132 valence electrons. The van der Waals surface area contributed by atoms with Gasteiger partial charge >= 0.3 is 11.9 Å². The monoisotopic (exact) mass is 350 g/mol. The van der Waals surface area contributed by atoms with E-state index in [2.05, 4.69) is 19.6 Å². The Balaban J connectivity index is 3.07. The van der Waals surface area contributed by atoms with Crippen LogP contribution in [0.2, 0.25) is 19.6 Å². The van der Waals surface area contributed by atoms with Gasteiger partial charge in [0.15, 0.2) is 14.2 Å². The Hall–Kier alpha value is -1.92. The van der Waals surface area contributed by atoms with E-state index in [4.69, 9.17) is 13.9 Å². The van der Waals surface area contributed by atoms with Gasteiger partial charge in [-0.15, -0.1) is 0 Å². The normalized spacial score (nSPS) is 13.1. The van der Waals surface area contributed by atoms with Crippen molar-refractivity contribution in [2.24, 2.45) is 11.8 Å². The van der Waals surface area contributed by atoms with Gasteiger partial charge in [-0.05, 0) is 25.2 Å². The molecule has 0 aromatic heterocycles. The van der Waals surface area contributed by atoms with Crippen molar-refractivity contribution < 1.29 is 23.5 Å². The van der Waals surface area contributed by atoms with Crippen LogP contribution in [-0.2, 0) is 23.5 Å². The highest BCUT2D eigenvalue weighted by Crippen LogP contribution is 2.21. The predicted octanol–water partition coefficient (Wildman–Crippen LogP) is 3.13. The fourth-order valence-electron chi connectivity index (χ4n) is 2.11. The molecule has 0 fully saturated rings. The molecule has 0 heterocycles. The van der Waals surface area contributed by atoms with Crippen LogP contribution in [0.3, 0.4) is 0 Å². The van der Waals surface area contributed by atoms with E-state index >= 15 is 0 Å². The van der Waals surface area contributed by atoms with E-state index in [1.54, 1.807) is 0 Å². The molecule has 6 heteroatoms. The van der Waals surface area contributed by atoms with Gasteiger partial charge in [-0.25, -0.2) is 0 Å². The second kappa shape index (κ2) is 9.39. The lowest BCUT2D eigenvalue weighted by molar-refractivity contribution is -0.161. The number of hydrogen-bond acceptors (Lipinski definition) is 5. The van der Waals surface area contributed by atoms with E-state index in [1.165, 1.54) is 14.2 Å². The number of ether oxygens (including phenoxy) is 2. The Morgan fingerprint density at radius 3 is 2.04 bits per heavy atom. The van der Waals surface area contributed by atoms with Crippen LogP contribution in [0.25, 0.3) is 6.08 Å². The molecule has 0 amide bonds. The Morgan fingerprint density at radius 2 is 1.58 bits per heavy atom. The van der Waals surface area contributed by atoms with Crippen LogP contribution in [-0.4, -0.2) is 41.1 Å². The number of rotatable bonds is 8. The number of methoxy groups -OCH3 is 2. The van der Waals surface area contributed by atoms with Crippen molar-refractivity contribution in [2.45, 2.75) is 19.6 Å². The summed E-state index contributed by atoms with van der Waals surface area (Å²) in [5, 5.41) is 0. The number of carbonyl (C=O) groups excluding carboxylic acids is 2. The van der Waals surface area contributed by atoms with Gasteiger partial charge in [0.25, 0.3) is 0 Å². The minimum atomic E-state index is -1.80. The van der Waals surface area contributed by atoms with Crippen LogP contribution in [0.5, 0.6) is 0 Å². The van der Waals surface area contributed by atoms with Crippen molar-refractivity contribution in [3.63, 3.8) is 0 Å². The molecule has 1 atom stereocenters. The van der Waals surface area contributed by atoms with E-state index in [9.17, 15) is 9.59 Å². The third kappa shape index (κ3) is 6.68. The van der Waals surface area contributed by atoms with E-state index in [-0.39, 0.29) is 6.61 Å². The van der Waals surface area contributed by atoms with Gasteiger partial charge in [0.05, 0.1) is 14.2 Å². The van der Waals surface area contributed by atoms with E-state index in [0.29, 0.717) is 0 Å². The zero-order chi connectivity index (χ0) is 18.2. The molecular weight excluding hydrogens is 324 g/mol. The molecule has 24 heavy (non-hydrogen) atoms. The molecule has 1 aromatic carbocycles. The molecule has 0 spiro atoms. The first-order valence-corrected chi connectivity index (χ1v) is 11.2. The van der Waals surface area contributed by atoms with Gasteiger partial charge in [0.2, 0.25) is 0 Å². The van der Waals surface area contributed by atoms with Crippen LogP contribution < -0.4 is 0 Å². The number of hydrogen-bond donors (Lipinski definition) is 0. The summed E-state index contributed by atoms with van der Waals surface area (Å²) in [6.45, 7) is 6.41. The topological polar surface area (TPSA) is 61.8 Å². The molecule has 5 nitrogen and oxygen atoms in total. The van der Waals surface area contributed by atoms with Crippen molar-refractivity contribution >= 4 is 26.3 Å². The van der Waals surface area contributed by atoms with Crippen molar-refractivity contribution in [1.82, 2.24) is 0 Å². The molecule has 0 N–H and O–H groups in total. The quantitative estimate of drug-likeness (QED) is 0.409. The van der Waals surface area contributed by atoms with Gasteiger partial charge in [-0.2, -0.15) is 0 Å². The maximum absolute atomic E-state index is 12.1. The maximum atomic E-state index is 12.1. The molecule has 1 unspecified atom stereocenters. The third-order valence-electron chi connectivity index (χ3n) is 3.38. The third-order valence-corrected chi connectivity index (χ3v) is 4.42. The van der Waals surface area contributed by atoms with Crippen molar-refractivity contribution in [3.8, 4) is 0 Å². The van der Waals surface area contributed by atoms with Crippen molar-refractivity contribution in [3.05, 3.63) is 42.0 Å². The highest BCUT2D eigenvalue weighted by molar-refractivity contribution is 6.69. The summed E-state index contributed by atoms with van der Waals surface area (Å²) in [7, 11) is 0.717. The summed E-state index contributed by atoms with van der Waals surface area (Å²) >= 11 is 0. The summed E-state index contributed by atoms with van der Waals surface area (Å²) in [4.78, 5) is 24.2. The molecule has 0 aliphatic carbocycles. The minimum absolute atomic E-state index is 0.258. The molecule has 0 radical (unpaired) electrons. The molecule has 0 saturated carbocycles. The van der Waals surface area contributed by atoms with E-state index in [0.717, 1.165) is 5.56 Å². The summed E-state index contributed by atoms with van der Waals surface area (Å²) in [5.74, 6) is -2.75. The van der Waals surface area contributed by atoms with Crippen LogP contribution >= 0.6 is 0 Å². The molecule has 0 bridgehead atoms. The van der Waals surface area contributed by atoms with Gasteiger partial charge in [0.1, 0.15) is 0 Å². The molecule has 0 aliphatic rings. The Bertz CT molecular complexity index is 547. The van der Waals surface area contributed by atoms with E-state index in [1.807, 2.05) is 42.5 Å².